The molecule has 19 heavy (non-hydrogen) atoms. The predicted molar refractivity (Wildman–Crippen MR) is 83.3 cm³/mol. The van der Waals surface area contributed by atoms with E-state index in [-0.39, 0.29) is 5.41 Å². The molecule has 2 rings (SSSR count). The topological polar surface area (TPSA) is 12.0 Å². The van der Waals surface area contributed by atoms with Crippen molar-refractivity contribution in [1.82, 2.24) is 5.32 Å². The Morgan fingerprint density at radius 2 is 1.53 bits per heavy atom. The number of hydrogen-bond acceptors (Lipinski definition) is 1. The number of benzene rings is 1. The van der Waals surface area contributed by atoms with Crippen molar-refractivity contribution in [3.63, 3.8) is 0 Å². The summed E-state index contributed by atoms with van der Waals surface area (Å²) in [6.07, 6.45) is 8.32. The molecule has 0 radical (unpaired) electrons. The quantitative estimate of drug-likeness (QED) is 0.746. The van der Waals surface area contributed by atoms with Gasteiger partial charge in [0.15, 0.2) is 0 Å². The molecule has 0 amide bonds. The summed E-state index contributed by atoms with van der Waals surface area (Å²) in [6.45, 7) is 7.02. The molecule has 0 aliphatic heterocycles. The maximum absolute atomic E-state index is 3.95. The lowest BCUT2D eigenvalue weighted by Gasteiger charge is -2.35. The monoisotopic (exact) mass is 259 g/mol. The molecule has 106 valence electrons. The fraction of sp³-hybridized carbons (Fsp3) is 0.667. The van der Waals surface area contributed by atoms with Crippen molar-refractivity contribution in [3.05, 3.63) is 35.9 Å². The van der Waals surface area contributed by atoms with Crippen LogP contribution in [-0.4, -0.2) is 6.04 Å². The van der Waals surface area contributed by atoms with Gasteiger partial charge in [0.2, 0.25) is 0 Å². The first kappa shape index (κ1) is 14.6. The minimum Gasteiger partial charge on any atom is -0.307 e. The standard InChI is InChI=1S/C18H29N/c1-18(2,3)17(15-11-7-6-8-12-15)19-16-13-9-4-5-10-14-16/h6-8,11-12,16-17,19H,4-5,9-10,13-14H2,1-3H3. The second kappa shape index (κ2) is 6.56. The SMILES string of the molecule is CC(C)(C)C(NC1CCCCCC1)c1ccccc1. The van der Waals surface area contributed by atoms with Gasteiger partial charge >= 0.3 is 0 Å². The van der Waals surface area contributed by atoms with Crippen LogP contribution < -0.4 is 5.32 Å². The summed E-state index contributed by atoms with van der Waals surface area (Å²) in [7, 11) is 0. The summed E-state index contributed by atoms with van der Waals surface area (Å²) in [5, 5.41) is 3.95. The van der Waals surface area contributed by atoms with Crippen LogP contribution in [0.1, 0.15) is 70.9 Å². The Balaban J connectivity index is 2.10. The van der Waals surface area contributed by atoms with Crippen molar-refractivity contribution in [3.8, 4) is 0 Å². The van der Waals surface area contributed by atoms with Crippen LogP contribution in [0.2, 0.25) is 0 Å². The van der Waals surface area contributed by atoms with Crippen LogP contribution >= 0.6 is 0 Å². The summed E-state index contributed by atoms with van der Waals surface area (Å²) in [5.74, 6) is 0. The third-order valence-electron chi connectivity index (χ3n) is 4.26. The van der Waals surface area contributed by atoms with Crippen molar-refractivity contribution in [2.45, 2.75) is 71.4 Å². The van der Waals surface area contributed by atoms with Gasteiger partial charge in [-0.25, -0.2) is 0 Å². The summed E-state index contributed by atoms with van der Waals surface area (Å²) >= 11 is 0. The molecule has 1 nitrogen and oxygen atoms in total. The van der Waals surface area contributed by atoms with E-state index in [0.29, 0.717) is 12.1 Å². The maximum Gasteiger partial charge on any atom is 0.0371 e. The molecule has 1 saturated carbocycles. The van der Waals surface area contributed by atoms with Crippen molar-refractivity contribution >= 4 is 0 Å². The van der Waals surface area contributed by atoms with Crippen molar-refractivity contribution in [2.75, 3.05) is 0 Å². The van der Waals surface area contributed by atoms with E-state index in [1.165, 1.54) is 44.1 Å². The van der Waals surface area contributed by atoms with Crippen LogP contribution in [0, 0.1) is 5.41 Å². The Kier molecular flexibility index (Phi) is 5.04. The first-order valence-corrected chi connectivity index (χ1v) is 7.88. The zero-order valence-electron chi connectivity index (χ0n) is 12.8. The Bertz CT molecular complexity index is 355. The van der Waals surface area contributed by atoms with Crippen LogP contribution in [0.5, 0.6) is 0 Å². The Hall–Kier alpha value is -0.820. The fourth-order valence-electron chi connectivity index (χ4n) is 3.17. The van der Waals surface area contributed by atoms with E-state index in [9.17, 15) is 0 Å². The molecule has 1 aliphatic rings. The Morgan fingerprint density at radius 3 is 2.05 bits per heavy atom. The molecule has 1 heteroatoms. The molecule has 0 spiro atoms. The second-order valence-corrected chi connectivity index (χ2v) is 7.06. The van der Waals surface area contributed by atoms with E-state index in [1.807, 2.05) is 0 Å². The minimum atomic E-state index is 0.258. The molecule has 0 bridgehead atoms. The molecule has 1 aromatic carbocycles. The molecular formula is C18H29N. The van der Waals surface area contributed by atoms with Crippen LogP contribution in [0.15, 0.2) is 30.3 Å². The van der Waals surface area contributed by atoms with Crippen LogP contribution in [0.25, 0.3) is 0 Å². The van der Waals surface area contributed by atoms with Crippen molar-refractivity contribution in [1.29, 1.82) is 0 Å². The highest BCUT2D eigenvalue weighted by molar-refractivity contribution is 5.21. The molecule has 0 saturated heterocycles. The highest BCUT2D eigenvalue weighted by atomic mass is 15.0. The smallest absolute Gasteiger partial charge is 0.0371 e. The molecule has 1 atom stereocenters. The van der Waals surface area contributed by atoms with E-state index in [4.69, 9.17) is 0 Å². The molecule has 1 N–H and O–H groups in total. The summed E-state index contributed by atoms with van der Waals surface area (Å²) in [5.41, 5.74) is 1.69. The maximum atomic E-state index is 3.95. The van der Waals surface area contributed by atoms with Crippen LogP contribution in [0.3, 0.4) is 0 Å². The molecular weight excluding hydrogens is 230 g/mol. The van der Waals surface area contributed by atoms with Gasteiger partial charge in [-0.15, -0.1) is 0 Å². The van der Waals surface area contributed by atoms with Crippen LogP contribution in [-0.2, 0) is 0 Å². The summed E-state index contributed by atoms with van der Waals surface area (Å²) in [6, 6.07) is 12.1. The molecule has 1 unspecified atom stereocenters. The fourth-order valence-corrected chi connectivity index (χ4v) is 3.17. The van der Waals surface area contributed by atoms with Gasteiger partial charge in [0.1, 0.15) is 0 Å². The van der Waals surface area contributed by atoms with Gasteiger partial charge in [-0.2, -0.15) is 0 Å². The second-order valence-electron chi connectivity index (χ2n) is 7.06. The predicted octanol–water partition coefficient (Wildman–Crippen LogP) is 5.09. The van der Waals surface area contributed by atoms with Crippen LogP contribution in [0.4, 0.5) is 0 Å². The van der Waals surface area contributed by atoms with Gasteiger partial charge in [-0.1, -0.05) is 76.8 Å². The highest BCUT2D eigenvalue weighted by Crippen LogP contribution is 2.34. The lowest BCUT2D eigenvalue weighted by molar-refractivity contribution is 0.240. The normalized spacial score (nSPS) is 19.9. The third-order valence-corrected chi connectivity index (χ3v) is 4.26. The van der Waals surface area contributed by atoms with Gasteiger partial charge in [0.25, 0.3) is 0 Å². The third kappa shape index (κ3) is 4.35. The zero-order chi connectivity index (χ0) is 13.7. The van der Waals surface area contributed by atoms with E-state index in [1.54, 1.807) is 0 Å². The van der Waals surface area contributed by atoms with Gasteiger partial charge < -0.3 is 5.32 Å². The molecule has 0 heterocycles. The highest BCUT2D eigenvalue weighted by Gasteiger charge is 2.28. The van der Waals surface area contributed by atoms with E-state index < -0.39 is 0 Å². The average Bonchev–Trinajstić information content (AvgIpc) is 2.64. The van der Waals surface area contributed by atoms with Gasteiger partial charge in [-0.3, -0.25) is 0 Å². The number of nitrogens with one attached hydrogen (secondary N) is 1. The Labute approximate surface area is 118 Å². The molecule has 1 aromatic rings. The van der Waals surface area contributed by atoms with Gasteiger partial charge in [0.05, 0.1) is 0 Å². The molecule has 1 aliphatic carbocycles. The molecule has 1 fully saturated rings. The first-order valence-electron chi connectivity index (χ1n) is 7.88. The van der Waals surface area contributed by atoms with Gasteiger partial charge in [0, 0.05) is 12.1 Å². The summed E-state index contributed by atoms with van der Waals surface area (Å²) < 4.78 is 0. The lowest BCUT2D eigenvalue weighted by atomic mass is 9.81. The average molecular weight is 259 g/mol. The molecule has 0 aromatic heterocycles. The van der Waals surface area contributed by atoms with Crippen molar-refractivity contribution < 1.29 is 0 Å². The largest absolute Gasteiger partial charge is 0.307 e. The van der Waals surface area contributed by atoms with E-state index in [0.717, 1.165) is 0 Å². The lowest BCUT2D eigenvalue weighted by Crippen LogP contribution is -2.39. The van der Waals surface area contributed by atoms with Crippen molar-refractivity contribution in [2.24, 2.45) is 5.41 Å². The number of hydrogen-bond donors (Lipinski definition) is 1. The first-order chi connectivity index (χ1) is 9.07. The summed E-state index contributed by atoms with van der Waals surface area (Å²) in [4.78, 5) is 0. The van der Waals surface area contributed by atoms with Gasteiger partial charge in [-0.05, 0) is 23.8 Å². The number of rotatable bonds is 3. The van der Waals surface area contributed by atoms with E-state index >= 15 is 0 Å². The minimum absolute atomic E-state index is 0.258. The Morgan fingerprint density at radius 1 is 0.947 bits per heavy atom. The van der Waals surface area contributed by atoms with E-state index in [2.05, 4.69) is 56.4 Å². The zero-order valence-corrected chi connectivity index (χ0v) is 12.8.